The van der Waals surface area contributed by atoms with Crippen LogP contribution in [-0.2, 0) is 14.3 Å². The number of anilines is 2. The Hall–Kier alpha value is -4.08. The summed E-state index contributed by atoms with van der Waals surface area (Å²) in [6, 6.07) is 10.8. The Bertz CT molecular complexity index is 1220. The molecule has 1 amide bonds. The van der Waals surface area contributed by atoms with E-state index in [1.165, 1.54) is 46.2 Å². The number of esters is 1. The van der Waals surface area contributed by atoms with Crippen LogP contribution in [0.3, 0.4) is 0 Å². The topological polar surface area (TPSA) is 89.3 Å². The van der Waals surface area contributed by atoms with E-state index in [-0.39, 0.29) is 24.4 Å². The van der Waals surface area contributed by atoms with Crippen molar-refractivity contribution in [3.05, 3.63) is 83.3 Å². The van der Waals surface area contributed by atoms with Gasteiger partial charge < -0.3 is 15.0 Å². The molecule has 1 aromatic heterocycles. The number of benzene rings is 2. The van der Waals surface area contributed by atoms with Crippen LogP contribution >= 0.6 is 0 Å². The summed E-state index contributed by atoms with van der Waals surface area (Å²) < 4.78 is 34.3. The summed E-state index contributed by atoms with van der Waals surface area (Å²) in [6.45, 7) is 3.24. The predicted octanol–water partition coefficient (Wildman–Crippen LogP) is 3.44. The maximum absolute atomic E-state index is 14.0. The number of nitrogens with zero attached hydrogens (tertiary/aromatic N) is 4. The van der Waals surface area contributed by atoms with E-state index in [1.807, 2.05) is 0 Å². The van der Waals surface area contributed by atoms with Crippen molar-refractivity contribution in [2.75, 3.05) is 23.4 Å². The van der Waals surface area contributed by atoms with Gasteiger partial charge in [0.05, 0.1) is 17.9 Å². The van der Waals surface area contributed by atoms with Gasteiger partial charge in [-0.1, -0.05) is 24.3 Å². The van der Waals surface area contributed by atoms with Gasteiger partial charge in [-0.25, -0.2) is 18.3 Å². The molecule has 4 rings (SSSR count). The molecular weight excluding hydrogens is 432 g/mol. The Kier molecular flexibility index (Phi) is 6.16. The highest BCUT2D eigenvalue weighted by molar-refractivity contribution is 5.96. The van der Waals surface area contributed by atoms with Crippen molar-refractivity contribution in [2.24, 2.45) is 0 Å². The zero-order chi connectivity index (χ0) is 23.5. The van der Waals surface area contributed by atoms with Crippen LogP contribution < -0.4 is 10.2 Å². The van der Waals surface area contributed by atoms with Gasteiger partial charge in [-0.15, -0.1) is 0 Å². The lowest BCUT2D eigenvalue weighted by molar-refractivity contribution is -0.139. The van der Waals surface area contributed by atoms with Gasteiger partial charge in [-0.2, -0.15) is 10.1 Å². The smallest absolute Gasteiger partial charge is 0.338 e. The lowest BCUT2D eigenvalue weighted by atomic mass is 9.95. The molecule has 10 heteroatoms. The Balaban J connectivity index is 1.74. The number of fused-ring (bicyclic) bond motifs is 1. The molecule has 0 bridgehead atoms. The monoisotopic (exact) mass is 453 g/mol. The first kappa shape index (κ1) is 22.1. The van der Waals surface area contributed by atoms with Crippen molar-refractivity contribution >= 4 is 23.5 Å². The van der Waals surface area contributed by atoms with E-state index in [2.05, 4.69) is 15.4 Å². The average molecular weight is 453 g/mol. The van der Waals surface area contributed by atoms with Gasteiger partial charge in [0.25, 0.3) is 0 Å². The van der Waals surface area contributed by atoms with Crippen LogP contribution in [0.4, 0.5) is 20.4 Å². The molecule has 1 aliphatic heterocycles. The van der Waals surface area contributed by atoms with E-state index in [1.54, 1.807) is 32.0 Å². The van der Waals surface area contributed by atoms with Crippen LogP contribution in [0.15, 0.2) is 66.1 Å². The highest BCUT2D eigenvalue weighted by Crippen LogP contribution is 2.38. The van der Waals surface area contributed by atoms with Crippen molar-refractivity contribution in [1.82, 2.24) is 14.8 Å². The molecule has 8 nitrogen and oxygen atoms in total. The molecule has 1 N–H and O–H groups in total. The Morgan fingerprint density at radius 2 is 1.85 bits per heavy atom. The number of allylic oxidation sites excluding steroid dienone is 1. The van der Waals surface area contributed by atoms with Gasteiger partial charge in [0, 0.05) is 5.70 Å². The fraction of sp³-hybridized carbons (Fsp3) is 0.217. The number of carbonyl (C=O) groups is 2. The second-order valence-corrected chi connectivity index (χ2v) is 7.29. The third kappa shape index (κ3) is 4.32. The van der Waals surface area contributed by atoms with Crippen molar-refractivity contribution in [2.45, 2.75) is 19.9 Å². The van der Waals surface area contributed by atoms with Gasteiger partial charge in [0.1, 0.15) is 30.5 Å². The standard InChI is InChI=1S/C23H21F2N5O3/c1-3-33-22(32)20-14(2)29(12-19(31)28-18-7-5-4-6-17(18)25)23-26-13-27-30(23)21(20)15-8-10-16(24)11-9-15/h4-11,13,21H,3,12H2,1-2H3,(H,28,31)/t21-/m0/s1. The largest absolute Gasteiger partial charge is 0.463 e. The van der Waals surface area contributed by atoms with E-state index in [4.69, 9.17) is 4.74 Å². The van der Waals surface area contributed by atoms with Crippen LogP contribution in [0.1, 0.15) is 25.5 Å². The Morgan fingerprint density at radius 3 is 2.55 bits per heavy atom. The molecule has 0 aliphatic carbocycles. The number of amides is 1. The summed E-state index contributed by atoms with van der Waals surface area (Å²) in [7, 11) is 0. The molecule has 0 spiro atoms. The summed E-state index contributed by atoms with van der Waals surface area (Å²) >= 11 is 0. The minimum Gasteiger partial charge on any atom is -0.463 e. The van der Waals surface area contributed by atoms with Gasteiger partial charge in [-0.05, 0) is 43.7 Å². The van der Waals surface area contributed by atoms with E-state index in [9.17, 15) is 18.4 Å². The number of aromatic nitrogens is 3. The average Bonchev–Trinajstić information content (AvgIpc) is 3.27. The van der Waals surface area contributed by atoms with E-state index in [0.29, 0.717) is 17.2 Å². The number of hydrogen-bond donors (Lipinski definition) is 1. The SMILES string of the molecule is CCOC(=O)C1=C(C)N(CC(=O)Nc2ccccc2F)c2ncnn2[C@H]1c1ccc(F)cc1. The Labute approximate surface area is 188 Å². The second-order valence-electron chi connectivity index (χ2n) is 7.29. The summed E-state index contributed by atoms with van der Waals surface area (Å²) in [5, 5.41) is 6.78. The number of halogens is 2. The minimum atomic E-state index is -0.729. The first-order valence-corrected chi connectivity index (χ1v) is 10.3. The first-order chi connectivity index (χ1) is 15.9. The minimum absolute atomic E-state index is 0.0393. The highest BCUT2D eigenvalue weighted by atomic mass is 19.1. The molecule has 0 saturated carbocycles. The predicted molar refractivity (Wildman–Crippen MR) is 116 cm³/mol. The number of nitrogens with one attached hydrogen (secondary N) is 1. The molecule has 0 unspecified atom stereocenters. The maximum Gasteiger partial charge on any atom is 0.338 e. The molecule has 33 heavy (non-hydrogen) atoms. The third-order valence-electron chi connectivity index (χ3n) is 5.24. The van der Waals surface area contributed by atoms with Crippen molar-refractivity contribution in [3.63, 3.8) is 0 Å². The molecule has 2 heterocycles. The number of hydrogen-bond acceptors (Lipinski definition) is 6. The quantitative estimate of drug-likeness (QED) is 0.575. The van der Waals surface area contributed by atoms with E-state index < -0.39 is 29.6 Å². The van der Waals surface area contributed by atoms with Gasteiger partial charge in [-0.3, -0.25) is 4.79 Å². The number of carbonyl (C=O) groups excluding carboxylic acids is 2. The summed E-state index contributed by atoms with van der Waals surface area (Å²) in [4.78, 5) is 31.5. The second kappa shape index (κ2) is 9.19. The Morgan fingerprint density at radius 1 is 1.12 bits per heavy atom. The third-order valence-corrected chi connectivity index (χ3v) is 5.24. The molecule has 3 aromatic rings. The molecule has 1 atom stereocenters. The van der Waals surface area contributed by atoms with Crippen LogP contribution in [-0.4, -0.2) is 39.8 Å². The molecule has 0 radical (unpaired) electrons. The van der Waals surface area contributed by atoms with Crippen LogP contribution in [0.5, 0.6) is 0 Å². The molecule has 1 aliphatic rings. The van der Waals surface area contributed by atoms with Crippen LogP contribution in [0, 0.1) is 11.6 Å². The van der Waals surface area contributed by atoms with Crippen molar-refractivity contribution in [3.8, 4) is 0 Å². The maximum atomic E-state index is 14.0. The van der Waals surface area contributed by atoms with Crippen molar-refractivity contribution in [1.29, 1.82) is 0 Å². The first-order valence-electron chi connectivity index (χ1n) is 10.3. The van der Waals surface area contributed by atoms with Gasteiger partial charge >= 0.3 is 5.97 Å². The van der Waals surface area contributed by atoms with E-state index >= 15 is 0 Å². The highest BCUT2D eigenvalue weighted by Gasteiger charge is 2.38. The fourth-order valence-electron chi connectivity index (χ4n) is 3.74. The zero-order valence-electron chi connectivity index (χ0n) is 18.0. The molecule has 2 aromatic carbocycles. The number of rotatable bonds is 6. The zero-order valence-corrected chi connectivity index (χ0v) is 18.0. The number of para-hydroxylation sites is 1. The van der Waals surface area contributed by atoms with Crippen molar-refractivity contribution < 1.29 is 23.1 Å². The lowest BCUT2D eigenvalue weighted by Gasteiger charge is -2.35. The molecule has 0 saturated heterocycles. The van der Waals surface area contributed by atoms with Gasteiger partial charge in [0.2, 0.25) is 11.9 Å². The van der Waals surface area contributed by atoms with E-state index in [0.717, 1.165) is 0 Å². The summed E-state index contributed by atoms with van der Waals surface area (Å²) in [5.41, 5.74) is 1.30. The summed E-state index contributed by atoms with van der Waals surface area (Å²) in [6.07, 6.45) is 1.30. The number of ether oxygens (including phenoxy) is 1. The summed E-state index contributed by atoms with van der Waals surface area (Å²) in [5.74, 6) is -1.79. The normalized spacial score (nSPS) is 15.3. The van der Waals surface area contributed by atoms with Gasteiger partial charge in [0.15, 0.2) is 0 Å². The van der Waals surface area contributed by atoms with Crippen LogP contribution in [0.25, 0.3) is 0 Å². The molecule has 0 fully saturated rings. The lowest BCUT2D eigenvalue weighted by Crippen LogP contribution is -2.41. The molecular formula is C23H21F2N5O3. The van der Waals surface area contributed by atoms with Crippen LogP contribution in [0.2, 0.25) is 0 Å². The fourth-order valence-corrected chi connectivity index (χ4v) is 3.74. The molecule has 170 valence electrons.